The topological polar surface area (TPSA) is 39.7 Å². The third-order valence-corrected chi connectivity index (χ3v) is 2.34. The third kappa shape index (κ3) is 2.76. The summed E-state index contributed by atoms with van der Waals surface area (Å²) in [5.41, 5.74) is 0.622. The second kappa shape index (κ2) is 5.18. The third-order valence-electron chi connectivity index (χ3n) is 2.34. The summed E-state index contributed by atoms with van der Waals surface area (Å²) in [6.07, 6.45) is 0. The van der Waals surface area contributed by atoms with Crippen molar-refractivity contribution >= 4 is 0 Å². The average Bonchev–Trinajstić information content (AvgIpc) is 2.72. The van der Waals surface area contributed by atoms with Crippen LogP contribution in [0.15, 0.2) is 12.1 Å². The van der Waals surface area contributed by atoms with Gasteiger partial charge in [0.05, 0.1) is 0 Å². The van der Waals surface area contributed by atoms with Crippen molar-refractivity contribution in [1.29, 1.82) is 0 Å². The van der Waals surface area contributed by atoms with Gasteiger partial charge in [0, 0.05) is 18.2 Å². The van der Waals surface area contributed by atoms with Crippen molar-refractivity contribution in [3.63, 3.8) is 0 Å². The van der Waals surface area contributed by atoms with Crippen molar-refractivity contribution in [3.05, 3.63) is 17.7 Å². The van der Waals surface area contributed by atoms with Crippen molar-refractivity contribution < 1.29 is 23.0 Å². The van der Waals surface area contributed by atoms with E-state index in [9.17, 15) is 8.78 Å². The number of alkyl halides is 2. The Morgan fingerprint density at radius 3 is 2.71 bits per heavy atom. The highest BCUT2D eigenvalue weighted by molar-refractivity contribution is 5.51. The summed E-state index contributed by atoms with van der Waals surface area (Å²) in [7, 11) is 0. The van der Waals surface area contributed by atoms with E-state index in [0.717, 1.165) is 6.54 Å². The van der Waals surface area contributed by atoms with Gasteiger partial charge in [-0.2, -0.15) is 8.78 Å². The van der Waals surface area contributed by atoms with E-state index in [1.807, 2.05) is 6.92 Å². The monoisotopic (exact) mass is 245 g/mol. The summed E-state index contributed by atoms with van der Waals surface area (Å²) in [5, 5.41) is 3.05. The number of hydrogen-bond donors (Lipinski definition) is 1. The number of hydrogen-bond acceptors (Lipinski definition) is 4. The van der Waals surface area contributed by atoms with E-state index >= 15 is 0 Å². The molecule has 4 nitrogen and oxygen atoms in total. The Balaban J connectivity index is 2.26. The molecule has 1 aromatic carbocycles. The first-order valence-corrected chi connectivity index (χ1v) is 5.28. The minimum Gasteiger partial charge on any atom is -0.454 e. The normalized spacial score (nSPS) is 13.2. The lowest BCUT2D eigenvalue weighted by atomic mass is 10.1. The molecule has 94 valence electrons. The number of benzene rings is 1. The molecule has 2 rings (SSSR count). The fourth-order valence-electron chi connectivity index (χ4n) is 1.57. The van der Waals surface area contributed by atoms with Gasteiger partial charge in [-0.25, -0.2) is 0 Å². The minimum absolute atomic E-state index is 0.105. The molecule has 0 amide bonds. The molecular formula is C11H13F2NO3. The lowest BCUT2D eigenvalue weighted by molar-refractivity contribution is -0.0505. The molecule has 0 bridgehead atoms. The maximum absolute atomic E-state index is 12.3. The molecule has 0 saturated heterocycles. The zero-order valence-electron chi connectivity index (χ0n) is 9.33. The SMILES string of the molecule is CCNCc1cc2c(cc1OC(F)F)OCO2. The highest BCUT2D eigenvalue weighted by Gasteiger charge is 2.19. The fraction of sp³-hybridized carbons (Fsp3) is 0.455. The summed E-state index contributed by atoms with van der Waals surface area (Å²) in [6, 6.07) is 3.09. The smallest absolute Gasteiger partial charge is 0.387 e. The number of halogens is 2. The first kappa shape index (κ1) is 11.9. The Labute approximate surface area is 97.5 Å². The Morgan fingerprint density at radius 1 is 1.35 bits per heavy atom. The molecule has 0 unspecified atom stereocenters. The molecule has 6 heteroatoms. The minimum atomic E-state index is -2.85. The molecule has 17 heavy (non-hydrogen) atoms. The molecular weight excluding hydrogens is 232 g/mol. The van der Waals surface area contributed by atoms with Crippen LogP contribution in [0.5, 0.6) is 17.2 Å². The van der Waals surface area contributed by atoms with Gasteiger partial charge in [-0.1, -0.05) is 6.92 Å². The van der Waals surface area contributed by atoms with E-state index in [-0.39, 0.29) is 12.5 Å². The summed E-state index contributed by atoms with van der Waals surface area (Å²) >= 11 is 0. The summed E-state index contributed by atoms with van der Waals surface area (Å²) in [6.45, 7) is 0.364. The molecule has 0 radical (unpaired) electrons. The van der Waals surface area contributed by atoms with Crippen LogP contribution in [0.2, 0.25) is 0 Å². The number of rotatable bonds is 5. The van der Waals surface area contributed by atoms with Gasteiger partial charge in [0.15, 0.2) is 11.5 Å². The van der Waals surface area contributed by atoms with Crippen molar-refractivity contribution in [2.24, 2.45) is 0 Å². The van der Waals surface area contributed by atoms with Crippen LogP contribution in [0, 0.1) is 0 Å². The van der Waals surface area contributed by atoms with E-state index in [2.05, 4.69) is 10.1 Å². The molecule has 0 atom stereocenters. The molecule has 1 aliphatic rings. The Kier molecular flexibility index (Phi) is 3.63. The summed E-state index contributed by atoms with van der Waals surface area (Å²) in [5.74, 6) is 1.10. The van der Waals surface area contributed by atoms with Crippen molar-refractivity contribution in [3.8, 4) is 17.2 Å². The van der Waals surface area contributed by atoms with Gasteiger partial charge >= 0.3 is 6.61 Å². The van der Waals surface area contributed by atoms with Crippen molar-refractivity contribution in [2.45, 2.75) is 20.1 Å². The van der Waals surface area contributed by atoms with E-state index in [1.165, 1.54) is 6.07 Å². The quantitative estimate of drug-likeness (QED) is 0.862. The van der Waals surface area contributed by atoms with Gasteiger partial charge < -0.3 is 19.5 Å². The second-order valence-electron chi connectivity index (χ2n) is 3.47. The van der Waals surface area contributed by atoms with Gasteiger partial charge in [-0.15, -0.1) is 0 Å². The standard InChI is InChI=1S/C11H13F2NO3/c1-2-14-5-7-3-9-10(16-6-15-9)4-8(7)17-11(12)13/h3-4,11,14H,2,5-6H2,1H3. The first-order valence-electron chi connectivity index (χ1n) is 5.28. The Bertz CT molecular complexity index is 399. The van der Waals surface area contributed by atoms with Crippen molar-refractivity contribution in [1.82, 2.24) is 5.32 Å². The molecule has 0 fully saturated rings. The van der Waals surface area contributed by atoms with Crippen LogP contribution >= 0.6 is 0 Å². The number of nitrogens with one attached hydrogen (secondary N) is 1. The van der Waals surface area contributed by atoms with Crippen LogP contribution < -0.4 is 19.5 Å². The van der Waals surface area contributed by atoms with Gasteiger partial charge in [0.1, 0.15) is 5.75 Å². The molecule has 1 aromatic rings. The van der Waals surface area contributed by atoms with Crippen molar-refractivity contribution in [2.75, 3.05) is 13.3 Å². The maximum atomic E-state index is 12.3. The molecule has 1 N–H and O–H groups in total. The molecule has 0 saturated carbocycles. The summed E-state index contributed by atoms with van der Waals surface area (Å²) < 4.78 is 39.3. The Morgan fingerprint density at radius 2 is 2.06 bits per heavy atom. The maximum Gasteiger partial charge on any atom is 0.387 e. The molecule has 0 aromatic heterocycles. The largest absolute Gasteiger partial charge is 0.454 e. The second-order valence-corrected chi connectivity index (χ2v) is 3.47. The number of fused-ring (bicyclic) bond motifs is 1. The zero-order valence-corrected chi connectivity index (χ0v) is 9.33. The van der Waals surface area contributed by atoms with E-state index in [0.29, 0.717) is 23.6 Å². The van der Waals surface area contributed by atoms with Crippen LogP contribution in [0.25, 0.3) is 0 Å². The van der Waals surface area contributed by atoms with Crippen LogP contribution in [-0.4, -0.2) is 19.9 Å². The molecule has 0 aliphatic carbocycles. The lowest BCUT2D eigenvalue weighted by Gasteiger charge is -2.12. The van der Waals surface area contributed by atoms with Gasteiger partial charge in [-0.3, -0.25) is 0 Å². The summed E-state index contributed by atoms with van der Waals surface area (Å²) in [4.78, 5) is 0. The van der Waals surface area contributed by atoms with Gasteiger partial charge in [0.2, 0.25) is 6.79 Å². The molecule has 1 aliphatic heterocycles. The predicted molar refractivity (Wildman–Crippen MR) is 56.6 cm³/mol. The van der Waals surface area contributed by atoms with E-state index < -0.39 is 6.61 Å². The van der Waals surface area contributed by atoms with E-state index in [4.69, 9.17) is 9.47 Å². The predicted octanol–water partition coefficient (Wildman–Crippen LogP) is 2.13. The highest BCUT2D eigenvalue weighted by Crippen LogP contribution is 2.38. The van der Waals surface area contributed by atoms with E-state index in [1.54, 1.807) is 6.07 Å². The number of ether oxygens (including phenoxy) is 3. The van der Waals surface area contributed by atoms with Crippen LogP contribution in [0.1, 0.15) is 12.5 Å². The first-order chi connectivity index (χ1) is 8.20. The molecule has 0 spiro atoms. The molecule has 1 heterocycles. The van der Waals surface area contributed by atoms with Crippen LogP contribution in [0.3, 0.4) is 0 Å². The van der Waals surface area contributed by atoms with Gasteiger partial charge in [-0.05, 0) is 12.6 Å². The zero-order chi connectivity index (χ0) is 12.3. The highest BCUT2D eigenvalue weighted by atomic mass is 19.3. The van der Waals surface area contributed by atoms with Crippen LogP contribution in [-0.2, 0) is 6.54 Å². The average molecular weight is 245 g/mol. The Hall–Kier alpha value is -1.56. The fourth-order valence-corrected chi connectivity index (χ4v) is 1.57. The lowest BCUT2D eigenvalue weighted by Crippen LogP contribution is -2.14. The van der Waals surface area contributed by atoms with Gasteiger partial charge in [0.25, 0.3) is 0 Å². The van der Waals surface area contributed by atoms with Crippen LogP contribution in [0.4, 0.5) is 8.78 Å².